The Morgan fingerprint density at radius 1 is 1.10 bits per heavy atom. The summed E-state index contributed by atoms with van der Waals surface area (Å²) in [6, 6.07) is 9.94. The van der Waals surface area contributed by atoms with Crippen molar-refractivity contribution in [3.8, 4) is 0 Å². The van der Waals surface area contributed by atoms with Gasteiger partial charge >= 0.3 is 0 Å². The zero-order valence-electron chi connectivity index (χ0n) is 12.9. The number of benzene rings is 1. The molecule has 1 aliphatic carbocycles. The Labute approximate surface area is 123 Å². The Hall–Kier alpha value is -0.860. The molecule has 2 N–H and O–H groups in total. The van der Waals surface area contributed by atoms with E-state index in [2.05, 4.69) is 12.2 Å². The lowest BCUT2D eigenvalue weighted by Crippen LogP contribution is -2.38. The number of hydrogen-bond acceptors (Lipinski definition) is 2. The highest BCUT2D eigenvalue weighted by atomic mass is 16.3. The predicted molar refractivity (Wildman–Crippen MR) is 84.6 cm³/mol. The molecule has 0 saturated heterocycles. The van der Waals surface area contributed by atoms with Crippen LogP contribution >= 0.6 is 0 Å². The van der Waals surface area contributed by atoms with E-state index in [0.29, 0.717) is 6.54 Å². The highest BCUT2D eigenvalue weighted by Crippen LogP contribution is 2.30. The lowest BCUT2D eigenvalue weighted by molar-refractivity contribution is 0.0552. The van der Waals surface area contributed by atoms with Crippen LogP contribution in [-0.4, -0.2) is 18.2 Å². The maximum Gasteiger partial charge on any atom is 0.0992 e. The first-order valence-electron chi connectivity index (χ1n) is 8.10. The van der Waals surface area contributed by atoms with Crippen molar-refractivity contribution in [2.45, 2.75) is 51.6 Å². The van der Waals surface area contributed by atoms with Crippen molar-refractivity contribution in [2.75, 3.05) is 13.1 Å². The summed E-state index contributed by atoms with van der Waals surface area (Å²) in [7, 11) is 0. The molecule has 2 heteroatoms. The maximum absolute atomic E-state index is 10.5. The third-order valence-corrected chi connectivity index (χ3v) is 4.84. The van der Waals surface area contributed by atoms with E-state index in [1.165, 1.54) is 32.1 Å². The number of aliphatic hydroxyl groups is 1. The van der Waals surface area contributed by atoms with Gasteiger partial charge in [0.15, 0.2) is 0 Å². The van der Waals surface area contributed by atoms with Gasteiger partial charge in [-0.1, -0.05) is 56.5 Å². The lowest BCUT2D eigenvalue weighted by atomic mass is 9.81. The summed E-state index contributed by atoms with van der Waals surface area (Å²) in [5.74, 6) is 1.75. The normalized spacial score (nSPS) is 26.1. The maximum atomic E-state index is 10.5. The van der Waals surface area contributed by atoms with E-state index in [1.54, 1.807) is 0 Å². The van der Waals surface area contributed by atoms with Gasteiger partial charge in [-0.2, -0.15) is 0 Å². The van der Waals surface area contributed by atoms with Crippen LogP contribution in [-0.2, 0) is 5.60 Å². The molecule has 20 heavy (non-hydrogen) atoms. The Bertz CT molecular complexity index is 380. The Morgan fingerprint density at radius 2 is 1.70 bits per heavy atom. The molecule has 0 aliphatic heterocycles. The molecule has 1 unspecified atom stereocenters. The van der Waals surface area contributed by atoms with Crippen molar-refractivity contribution in [1.29, 1.82) is 0 Å². The number of rotatable bonds is 6. The zero-order chi connectivity index (χ0) is 14.4. The van der Waals surface area contributed by atoms with E-state index in [0.717, 1.165) is 23.9 Å². The first-order valence-corrected chi connectivity index (χ1v) is 8.10. The van der Waals surface area contributed by atoms with Gasteiger partial charge in [-0.15, -0.1) is 0 Å². The van der Waals surface area contributed by atoms with Gasteiger partial charge in [0.1, 0.15) is 0 Å². The predicted octanol–water partition coefficient (Wildman–Crippen LogP) is 3.70. The summed E-state index contributed by atoms with van der Waals surface area (Å²) >= 11 is 0. The molecule has 0 bridgehead atoms. The molecule has 1 aromatic carbocycles. The zero-order valence-corrected chi connectivity index (χ0v) is 12.9. The molecule has 1 aromatic rings. The Morgan fingerprint density at radius 3 is 2.30 bits per heavy atom. The van der Waals surface area contributed by atoms with Crippen LogP contribution in [0.2, 0.25) is 0 Å². The van der Waals surface area contributed by atoms with E-state index in [1.807, 2.05) is 37.3 Å². The Balaban J connectivity index is 1.73. The molecule has 1 saturated carbocycles. The fourth-order valence-electron chi connectivity index (χ4n) is 3.26. The minimum atomic E-state index is -0.776. The van der Waals surface area contributed by atoms with Crippen molar-refractivity contribution >= 4 is 0 Å². The molecule has 0 spiro atoms. The van der Waals surface area contributed by atoms with Crippen LogP contribution in [0.5, 0.6) is 0 Å². The molecule has 112 valence electrons. The van der Waals surface area contributed by atoms with E-state index < -0.39 is 5.60 Å². The molecule has 2 rings (SSSR count). The van der Waals surface area contributed by atoms with E-state index in [9.17, 15) is 5.11 Å². The summed E-state index contributed by atoms with van der Waals surface area (Å²) in [4.78, 5) is 0. The first-order chi connectivity index (χ1) is 9.62. The van der Waals surface area contributed by atoms with Crippen LogP contribution in [0.3, 0.4) is 0 Å². The van der Waals surface area contributed by atoms with Gasteiger partial charge < -0.3 is 10.4 Å². The fourth-order valence-corrected chi connectivity index (χ4v) is 3.26. The molecule has 1 atom stereocenters. The average Bonchev–Trinajstić information content (AvgIpc) is 2.49. The molecule has 1 fully saturated rings. The standard InChI is InChI=1S/C18H29NO/c1-3-15-9-11-16(12-10-15)13-19-14-18(2,20)17-7-5-4-6-8-17/h4-8,15-16,19-20H,3,9-14H2,1-2H3. The van der Waals surface area contributed by atoms with Crippen LogP contribution < -0.4 is 5.32 Å². The third-order valence-electron chi connectivity index (χ3n) is 4.84. The summed E-state index contributed by atoms with van der Waals surface area (Å²) in [5, 5.41) is 14.0. The molecule has 0 heterocycles. The van der Waals surface area contributed by atoms with Gasteiger partial charge in [0, 0.05) is 6.54 Å². The van der Waals surface area contributed by atoms with E-state index >= 15 is 0 Å². The van der Waals surface area contributed by atoms with Crippen LogP contribution in [0, 0.1) is 11.8 Å². The second kappa shape index (κ2) is 7.24. The highest BCUT2D eigenvalue weighted by molar-refractivity contribution is 5.21. The molecule has 0 radical (unpaired) electrons. The second-order valence-corrected chi connectivity index (χ2v) is 6.57. The van der Waals surface area contributed by atoms with Crippen LogP contribution in [0.4, 0.5) is 0 Å². The monoisotopic (exact) mass is 275 g/mol. The van der Waals surface area contributed by atoms with Crippen molar-refractivity contribution in [3.63, 3.8) is 0 Å². The van der Waals surface area contributed by atoms with Crippen molar-refractivity contribution in [3.05, 3.63) is 35.9 Å². The van der Waals surface area contributed by atoms with Gasteiger partial charge in [0.2, 0.25) is 0 Å². The largest absolute Gasteiger partial charge is 0.384 e. The first kappa shape index (κ1) is 15.5. The molecule has 0 amide bonds. The smallest absolute Gasteiger partial charge is 0.0992 e. The fraction of sp³-hybridized carbons (Fsp3) is 0.667. The van der Waals surface area contributed by atoms with Crippen LogP contribution in [0.15, 0.2) is 30.3 Å². The van der Waals surface area contributed by atoms with E-state index in [-0.39, 0.29) is 0 Å². The molecular weight excluding hydrogens is 246 g/mol. The van der Waals surface area contributed by atoms with Crippen LogP contribution in [0.25, 0.3) is 0 Å². The van der Waals surface area contributed by atoms with Gasteiger partial charge in [0.05, 0.1) is 5.60 Å². The second-order valence-electron chi connectivity index (χ2n) is 6.57. The number of nitrogens with one attached hydrogen (secondary N) is 1. The summed E-state index contributed by atoms with van der Waals surface area (Å²) in [6.45, 7) is 5.87. The van der Waals surface area contributed by atoms with E-state index in [4.69, 9.17) is 0 Å². The van der Waals surface area contributed by atoms with Crippen molar-refractivity contribution in [1.82, 2.24) is 5.32 Å². The molecule has 0 aromatic heterocycles. The molecular formula is C18H29NO. The van der Waals surface area contributed by atoms with Crippen molar-refractivity contribution in [2.24, 2.45) is 11.8 Å². The average molecular weight is 275 g/mol. The van der Waals surface area contributed by atoms with Crippen LogP contribution in [0.1, 0.15) is 51.5 Å². The summed E-state index contributed by atoms with van der Waals surface area (Å²) in [6.07, 6.45) is 6.80. The molecule has 1 aliphatic rings. The topological polar surface area (TPSA) is 32.3 Å². The highest BCUT2D eigenvalue weighted by Gasteiger charge is 2.24. The SMILES string of the molecule is CCC1CCC(CNCC(C)(O)c2ccccc2)CC1. The Kier molecular flexibility index (Phi) is 5.62. The van der Waals surface area contributed by atoms with Gasteiger partial charge in [-0.3, -0.25) is 0 Å². The molecule has 2 nitrogen and oxygen atoms in total. The quantitative estimate of drug-likeness (QED) is 0.829. The number of hydrogen-bond donors (Lipinski definition) is 2. The summed E-state index contributed by atoms with van der Waals surface area (Å²) < 4.78 is 0. The minimum absolute atomic E-state index is 0.630. The van der Waals surface area contributed by atoms with Gasteiger partial charge in [-0.05, 0) is 43.7 Å². The van der Waals surface area contributed by atoms with Gasteiger partial charge in [0.25, 0.3) is 0 Å². The minimum Gasteiger partial charge on any atom is -0.384 e. The lowest BCUT2D eigenvalue weighted by Gasteiger charge is -2.30. The summed E-state index contributed by atoms with van der Waals surface area (Å²) in [5.41, 5.74) is 0.212. The van der Waals surface area contributed by atoms with Gasteiger partial charge in [-0.25, -0.2) is 0 Å². The van der Waals surface area contributed by atoms with Crippen molar-refractivity contribution < 1.29 is 5.11 Å². The third kappa shape index (κ3) is 4.32.